The Morgan fingerprint density at radius 2 is 2.21 bits per heavy atom. The van der Waals surface area contributed by atoms with E-state index in [1.807, 2.05) is 6.07 Å². The molecule has 1 aliphatic heterocycles. The van der Waals surface area contributed by atoms with Gasteiger partial charge >= 0.3 is 0 Å². The highest BCUT2D eigenvalue weighted by atomic mass is 15.3. The standard InChI is InChI=1S/C15H26N4/c1-4-8-16-15-7-5-6-14(17-15)12-19-10-9-18(3)13(2)11-19/h5-7,13H,4,8-12H2,1-3H3,(H,16,17). The lowest BCUT2D eigenvalue weighted by atomic mass is 10.2. The number of piperazine rings is 1. The van der Waals surface area contributed by atoms with Gasteiger partial charge in [-0.25, -0.2) is 4.98 Å². The van der Waals surface area contributed by atoms with Crippen molar-refractivity contribution in [1.29, 1.82) is 0 Å². The largest absolute Gasteiger partial charge is 0.370 e. The first-order valence-corrected chi connectivity index (χ1v) is 7.31. The van der Waals surface area contributed by atoms with Crippen molar-refractivity contribution in [3.8, 4) is 0 Å². The summed E-state index contributed by atoms with van der Waals surface area (Å²) < 4.78 is 0. The summed E-state index contributed by atoms with van der Waals surface area (Å²) in [4.78, 5) is 9.60. The second-order valence-corrected chi connectivity index (χ2v) is 5.51. The molecule has 1 saturated heterocycles. The van der Waals surface area contributed by atoms with Gasteiger partial charge in [0.2, 0.25) is 0 Å². The Kier molecular flexibility index (Phi) is 5.16. The van der Waals surface area contributed by atoms with E-state index < -0.39 is 0 Å². The van der Waals surface area contributed by atoms with Crippen LogP contribution in [0.1, 0.15) is 26.0 Å². The van der Waals surface area contributed by atoms with Crippen molar-refractivity contribution in [1.82, 2.24) is 14.8 Å². The number of hydrogen-bond donors (Lipinski definition) is 1. The summed E-state index contributed by atoms with van der Waals surface area (Å²) in [7, 11) is 2.20. The fourth-order valence-corrected chi connectivity index (χ4v) is 2.42. The molecule has 0 bridgehead atoms. The Morgan fingerprint density at radius 3 is 2.95 bits per heavy atom. The molecular formula is C15H26N4. The number of rotatable bonds is 5. The molecule has 0 aromatic carbocycles. The first-order chi connectivity index (χ1) is 9.19. The molecule has 1 aromatic rings. The zero-order valence-electron chi connectivity index (χ0n) is 12.4. The van der Waals surface area contributed by atoms with Gasteiger partial charge in [0, 0.05) is 38.8 Å². The van der Waals surface area contributed by atoms with Crippen LogP contribution in [0.25, 0.3) is 0 Å². The minimum absolute atomic E-state index is 0.634. The lowest BCUT2D eigenvalue weighted by Crippen LogP contribution is -2.49. The quantitative estimate of drug-likeness (QED) is 0.880. The van der Waals surface area contributed by atoms with Crippen LogP contribution in [-0.4, -0.2) is 54.1 Å². The molecule has 1 fully saturated rings. The van der Waals surface area contributed by atoms with Gasteiger partial charge in [-0.1, -0.05) is 13.0 Å². The molecule has 0 radical (unpaired) electrons. The van der Waals surface area contributed by atoms with Crippen molar-refractivity contribution in [3.05, 3.63) is 23.9 Å². The molecular weight excluding hydrogens is 236 g/mol. The van der Waals surface area contributed by atoms with Gasteiger partial charge in [-0.2, -0.15) is 0 Å². The molecule has 1 aromatic heterocycles. The Labute approximate surface area is 116 Å². The monoisotopic (exact) mass is 262 g/mol. The van der Waals surface area contributed by atoms with E-state index in [9.17, 15) is 0 Å². The summed E-state index contributed by atoms with van der Waals surface area (Å²) in [5.41, 5.74) is 1.16. The zero-order chi connectivity index (χ0) is 13.7. The fraction of sp³-hybridized carbons (Fsp3) is 0.667. The summed E-state index contributed by atoms with van der Waals surface area (Å²) in [6, 6.07) is 6.90. The number of pyridine rings is 1. The molecule has 4 nitrogen and oxygen atoms in total. The second kappa shape index (κ2) is 6.87. The molecule has 106 valence electrons. The van der Waals surface area contributed by atoms with Crippen LogP contribution in [-0.2, 0) is 6.54 Å². The first kappa shape index (κ1) is 14.3. The Balaban J connectivity index is 1.91. The highest BCUT2D eigenvalue weighted by Gasteiger charge is 2.20. The summed E-state index contributed by atoms with van der Waals surface area (Å²) >= 11 is 0. The van der Waals surface area contributed by atoms with Gasteiger partial charge in [0.25, 0.3) is 0 Å². The lowest BCUT2D eigenvalue weighted by molar-refractivity contribution is 0.0991. The number of nitrogens with zero attached hydrogens (tertiary/aromatic N) is 3. The van der Waals surface area contributed by atoms with Crippen LogP contribution in [0.5, 0.6) is 0 Å². The van der Waals surface area contributed by atoms with Crippen LogP contribution in [0.15, 0.2) is 18.2 Å². The maximum absolute atomic E-state index is 4.68. The Bertz CT molecular complexity index is 393. The van der Waals surface area contributed by atoms with E-state index in [1.54, 1.807) is 0 Å². The van der Waals surface area contributed by atoms with E-state index >= 15 is 0 Å². The van der Waals surface area contributed by atoms with E-state index in [0.717, 1.165) is 50.7 Å². The van der Waals surface area contributed by atoms with E-state index in [0.29, 0.717) is 6.04 Å². The van der Waals surface area contributed by atoms with Crippen LogP contribution in [0.3, 0.4) is 0 Å². The molecule has 1 atom stereocenters. The summed E-state index contributed by atoms with van der Waals surface area (Å²) in [6.07, 6.45) is 1.13. The normalized spacial score (nSPS) is 21.5. The second-order valence-electron chi connectivity index (χ2n) is 5.51. The van der Waals surface area contributed by atoms with Crippen molar-refractivity contribution in [3.63, 3.8) is 0 Å². The molecule has 1 N–H and O–H groups in total. The predicted molar refractivity (Wildman–Crippen MR) is 80.4 cm³/mol. The van der Waals surface area contributed by atoms with Gasteiger partial charge < -0.3 is 10.2 Å². The van der Waals surface area contributed by atoms with Gasteiger partial charge in [-0.15, -0.1) is 0 Å². The maximum atomic E-state index is 4.68. The fourth-order valence-electron chi connectivity index (χ4n) is 2.42. The molecule has 0 spiro atoms. The van der Waals surface area contributed by atoms with E-state index in [-0.39, 0.29) is 0 Å². The highest BCUT2D eigenvalue weighted by Crippen LogP contribution is 2.12. The molecule has 1 unspecified atom stereocenters. The predicted octanol–water partition coefficient (Wildman–Crippen LogP) is 2.04. The van der Waals surface area contributed by atoms with Crippen molar-refractivity contribution in [2.24, 2.45) is 0 Å². The smallest absolute Gasteiger partial charge is 0.126 e. The molecule has 0 amide bonds. The van der Waals surface area contributed by atoms with Crippen LogP contribution < -0.4 is 5.32 Å². The first-order valence-electron chi connectivity index (χ1n) is 7.31. The third-order valence-corrected chi connectivity index (χ3v) is 3.79. The minimum atomic E-state index is 0.634. The van der Waals surface area contributed by atoms with Gasteiger partial charge in [0.15, 0.2) is 0 Å². The number of nitrogens with one attached hydrogen (secondary N) is 1. The molecule has 0 aliphatic carbocycles. The van der Waals surface area contributed by atoms with Gasteiger partial charge in [-0.05, 0) is 32.5 Å². The molecule has 2 heterocycles. The van der Waals surface area contributed by atoms with E-state index in [4.69, 9.17) is 0 Å². The molecule has 4 heteroatoms. The van der Waals surface area contributed by atoms with Crippen molar-refractivity contribution in [2.45, 2.75) is 32.9 Å². The average molecular weight is 262 g/mol. The zero-order valence-corrected chi connectivity index (χ0v) is 12.4. The highest BCUT2D eigenvalue weighted by molar-refractivity contribution is 5.35. The Hall–Kier alpha value is -1.13. The summed E-state index contributed by atoms with van der Waals surface area (Å²) in [5.74, 6) is 1.00. The summed E-state index contributed by atoms with van der Waals surface area (Å²) in [6.45, 7) is 9.82. The van der Waals surface area contributed by atoms with Crippen LogP contribution in [0.4, 0.5) is 5.82 Å². The topological polar surface area (TPSA) is 31.4 Å². The Morgan fingerprint density at radius 1 is 1.37 bits per heavy atom. The van der Waals surface area contributed by atoms with Crippen LogP contribution in [0.2, 0.25) is 0 Å². The van der Waals surface area contributed by atoms with Crippen LogP contribution >= 0.6 is 0 Å². The van der Waals surface area contributed by atoms with E-state index in [2.05, 4.69) is 53.1 Å². The lowest BCUT2D eigenvalue weighted by Gasteiger charge is -2.37. The van der Waals surface area contributed by atoms with Gasteiger partial charge in [0.1, 0.15) is 5.82 Å². The third kappa shape index (κ3) is 4.18. The van der Waals surface area contributed by atoms with E-state index in [1.165, 1.54) is 0 Å². The molecule has 2 rings (SSSR count). The number of aromatic nitrogens is 1. The minimum Gasteiger partial charge on any atom is -0.370 e. The number of likely N-dealkylation sites (N-methyl/N-ethyl adjacent to an activating group) is 1. The average Bonchev–Trinajstić information content (AvgIpc) is 2.41. The van der Waals surface area contributed by atoms with Crippen molar-refractivity contribution < 1.29 is 0 Å². The SMILES string of the molecule is CCCNc1cccc(CN2CCN(C)C(C)C2)n1. The van der Waals surface area contributed by atoms with Crippen molar-refractivity contribution >= 4 is 5.82 Å². The molecule has 0 saturated carbocycles. The number of hydrogen-bond acceptors (Lipinski definition) is 4. The molecule has 19 heavy (non-hydrogen) atoms. The van der Waals surface area contributed by atoms with Gasteiger partial charge in [0.05, 0.1) is 5.69 Å². The van der Waals surface area contributed by atoms with Crippen LogP contribution in [0, 0.1) is 0 Å². The summed E-state index contributed by atoms with van der Waals surface area (Å²) in [5, 5.41) is 3.35. The number of anilines is 1. The third-order valence-electron chi connectivity index (χ3n) is 3.79. The van der Waals surface area contributed by atoms with Gasteiger partial charge in [-0.3, -0.25) is 4.90 Å². The molecule has 1 aliphatic rings. The maximum Gasteiger partial charge on any atom is 0.126 e. The van der Waals surface area contributed by atoms with Crippen molar-refractivity contribution in [2.75, 3.05) is 38.5 Å².